The largest absolute Gasteiger partial charge is 0.389 e. The molecule has 0 aromatic carbocycles. The fourth-order valence-electron chi connectivity index (χ4n) is 1.34. The van der Waals surface area contributed by atoms with Crippen LogP contribution in [-0.2, 0) is 9.53 Å². The first kappa shape index (κ1) is 14.9. The Bertz CT molecular complexity index is 275. The highest BCUT2D eigenvalue weighted by Crippen LogP contribution is 2.22. The van der Waals surface area contributed by atoms with Gasteiger partial charge in [0.2, 0.25) is 5.91 Å². The third-order valence-corrected chi connectivity index (χ3v) is 2.62. The number of hydrogen-bond acceptors (Lipinski definition) is 4. The lowest BCUT2D eigenvalue weighted by atomic mass is 9.88. The number of ether oxygens (including phenoxy) is 1. The molecule has 0 saturated heterocycles. The highest BCUT2D eigenvalue weighted by atomic mass is 16.5. The van der Waals surface area contributed by atoms with Crippen molar-refractivity contribution in [2.24, 2.45) is 5.41 Å². The van der Waals surface area contributed by atoms with E-state index in [1.165, 1.54) is 12.0 Å². The molecule has 2 unspecified atom stereocenters. The number of amides is 1. The minimum Gasteiger partial charge on any atom is -0.389 e. The van der Waals surface area contributed by atoms with Crippen molar-refractivity contribution in [3.63, 3.8) is 0 Å². The van der Waals surface area contributed by atoms with Crippen LogP contribution in [0.5, 0.6) is 0 Å². The monoisotopic (exact) mass is 228 g/mol. The second-order valence-electron chi connectivity index (χ2n) is 4.09. The molecule has 0 bridgehead atoms. The van der Waals surface area contributed by atoms with Crippen LogP contribution in [0.3, 0.4) is 0 Å². The first-order valence-corrected chi connectivity index (χ1v) is 5.25. The molecule has 1 N–H and O–H groups in total. The summed E-state index contributed by atoms with van der Waals surface area (Å²) in [5.74, 6) is -0.271. The van der Waals surface area contributed by atoms with Crippen molar-refractivity contribution in [1.82, 2.24) is 4.90 Å². The molecule has 0 aliphatic rings. The highest BCUT2D eigenvalue weighted by Gasteiger charge is 2.34. The van der Waals surface area contributed by atoms with E-state index >= 15 is 0 Å². The summed E-state index contributed by atoms with van der Waals surface area (Å²) < 4.78 is 4.77. The summed E-state index contributed by atoms with van der Waals surface area (Å²) in [5, 5.41) is 18.4. The molecule has 16 heavy (non-hydrogen) atoms. The summed E-state index contributed by atoms with van der Waals surface area (Å²) in [7, 11) is 3.06. The van der Waals surface area contributed by atoms with Crippen LogP contribution in [0.1, 0.15) is 20.3 Å². The maximum absolute atomic E-state index is 11.9. The normalized spacial score (nSPS) is 16.0. The molecular weight excluding hydrogens is 208 g/mol. The molecule has 5 heteroatoms. The van der Waals surface area contributed by atoms with Gasteiger partial charge in [0.15, 0.2) is 0 Å². The van der Waals surface area contributed by atoms with Gasteiger partial charge >= 0.3 is 0 Å². The number of nitrogens with zero attached hydrogens (tertiary/aromatic N) is 2. The molecule has 0 aromatic heterocycles. The summed E-state index contributed by atoms with van der Waals surface area (Å²) in [4.78, 5) is 13.3. The maximum Gasteiger partial charge on any atom is 0.242 e. The van der Waals surface area contributed by atoms with Crippen molar-refractivity contribution in [3.05, 3.63) is 0 Å². The third kappa shape index (κ3) is 3.80. The van der Waals surface area contributed by atoms with Crippen molar-refractivity contribution in [1.29, 1.82) is 5.26 Å². The summed E-state index contributed by atoms with van der Waals surface area (Å²) in [5.41, 5.74) is -1.01. The van der Waals surface area contributed by atoms with E-state index in [1.54, 1.807) is 20.9 Å². The second-order valence-corrected chi connectivity index (χ2v) is 4.09. The number of carbonyl (C=O) groups is 1. The van der Waals surface area contributed by atoms with E-state index in [9.17, 15) is 9.90 Å². The Morgan fingerprint density at radius 2 is 2.25 bits per heavy atom. The molecular formula is C11H20N2O3. The molecule has 5 nitrogen and oxygen atoms in total. The van der Waals surface area contributed by atoms with Gasteiger partial charge in [-0.25, -0.2) is 0 Å². The maximum atomic E-state index is 11.9. The van der Waals surface area contributed by atoms with E-state index in [1.807, 2.05) is 6.07 Å². The topological polar surface area (TPSA) is 73.6 Å². The Labute approximate surface area is 96.6 Å². The van der Waals surface area contributed by atoms with Gasteiger partial charge in [-0.05, 0) is 13.3 Å². The van der Waals surface area contributed by atoms with Crippen molar-refractivity contribution >= 4 is 5.91 Å². The van der Waals surface area contributed by atoms with E-state index in [0.29, 0.717) is 6.42 Å². The van der Waals surface area contributed by atoms with Gasteiger partial charge in [0.1, 0.15) is 5.41 Å². The van der Waals surface area contributed by atoms with Gasteiger partial charge in [0.05, 0.1) is 18.8 Å². The summed E-state index contributed by atoms with van der Waals surface area (Å²) in [6.07, 6.45) is -0.272. The lowest BCUT2D eigenvalue weighted by molar-refractivity contribution is -0.138. The minimum absolute atomic E-state index is 0.171. The first-order chi connectivity index (χ1) is 7.41. The van der Waals surface area contributed by atoms with Crippen molar-refractivity contribution < 1.29 is 14.6 Å². The fourth-order valence-corrected chi connectivity index (χ4v) is 1.34. The number of carbonyl (C=O) groups excluding carboxylic acids is 1. The van der Waals surface area contributed by atoms with Gasteiger partial charge in [0.25, 0.3) is 0 Å². The average Bonchev–Trinajstić information content (AvgIpc) is 2.27. The van der Waals surface area contributed by atoms with Gasteiger partial charge in [-0.15, -0.1) is 0 Å². The third-order valence-electron chi connectivity index (χ3n) is 2.62. The molecule has 0 spiro atoms. The number of rotatable bonds is 6. The Morgan fingerprint density at radius 3 is 2.62 bits per heavy atom. The zero-order valence-corrected chi connectivity index (χ0v) is 10.4. The number of methoxy groups -OCH3 is 1. The standard InChI is InChI=1S/C11H20N2O3/c1-5-11(2,8-12)10(15)13(3)6-9(14)7-16-4/h9,14H,5-7H2,1-4H3. The van der Waals surface area contributed by atoms with Gasteiger partial charge < -0.3 is 14.7 Å². The minimum atomic E-state index is -1.01. The Kier molecular flexibility index (Phi) is 6.01. The van der Waals surface area contributed by atoms with Crippen LogP contribution >= 0.6 is 0 Å². The molecule has 2 atom stereocenters. The van der Waals surface area contributed by atoms with Gasteiger partial charge in [-0.3, -0.25) is 4.79 Å². The SMILES string of the molecule is CCC(C)(C#N)C(=O)N(C)CC(O)COC. The predicted molar refractivity (Wildman–Crippen MR) is 59.5 cm³/mol. The molecule has 0 heterocycles. The van der Waals surface area contributed by atoms with Gasteiger partial charge in [0, 0.05) is 20.7 Å². The van der Waals surface area contributed by atoms with E-state index in [4.69, 9.17) is 10.00 Å². The van der Waals surface area contributed by atoms with Gasteiger partial charge in [-0.1, -0.05) is 6.92 Å². The van der Waals surface area contributed by atoms with Crippen LogP contribution in [0, 0.1) is 16.7 Å². The fraction of sp³-hybridized carbons (Fsp3) is 0.818. The predicted octanol–water partition coefficient (Wildman–Crippen LogP) is 0.392. The highest BCUT2D eigenvalue weighted by molar-refractivity contribution is 5.84. The van der Waals surface area contributed by atoms with Crippen LogP contribution < -0.4 is 0 Å². The van der Waals surface area contributed by atoms with Crippen molar-refractivity contribution in [2.75, 3.05) is 27.3 Å². The molecule has 0 saturated carbocycles. The van der Waals surface area contributed by atoms with E-state index in [2.05, 4.69) is 0 Å². The molecule has 0 radical (unpaired) electrons. The molecule has 92 valence electrons. The Balaban J connectivity index is 4.45. The quantitative estimate of drug-likeness (QED) is 0.713. The summed E-state index contributed by atoms with van der Waals surface area (Å²) >= 11 is 0. The van der Waals surface area contributed by atoms with Crippen LogP contribution in [-0.4, -0.2) is 49.3 Å². The van der Waals surface area contributed by atoms with Crippen LogP contribution in [0.15, 0.2) is 0 Å². The average molecular weight is 228 g/mol. The Hall–Kier alpha value is -1.12. The zero-order valence-electron chi connectivity index (χ0n) is 10.4. The van der Waals surface area contributed by atoms with Crippen molar-refractivity contribution in [3.8, 4) is 6.07 Å². The van der Waals surface area contributed by atoms with E-state index in [-0.39, 0.29) is 19.1 Å². The number of aliphatic hydroxyl groups is 1. The number of nitriles is 1. The molecule has 0 aliphatic heterocycles. The Morgan fingerprint density at radius 1 is 1.69 bits per heavy atom. The van der Waals surface area contributed by atoms with Gasteiger partial charge in [-0.2, -0.15) is 5.26 Å². The van der Waals surface area contributed by atoms with Crippen LogP contribution in [0.25, 0.3) is 0 Å². The molecule has 0 aliphatic carbocycles. The summed E-state index contributed by atoms with van der Waals surface area (Å²) in [6, 6.07) is 2.01. The second kappa shape index (κ2) is 6.46. The van der Waals surface area contributed by atoms with E-state index < -0.39 is 11.5 Å². The van der Waals surface area contributed by atoms with Crippen molar-refractivity contribution in [2.45, 2.75) is 26.4 Å². The van der Waals surface area contributed by atoms with E-state index in [0.717, 1.165) is 0 Å². The number of likely N-dealkylation sites (N-methyl/N-ethyl adjacent to an activating group) is 1. The molecule has 0 rings (SSSR count). The number of aliphatic hydroxyl groups excluding tert-OH is 1. The molecule has 0 fully saturated rings. The van der Waals surface area contributed by atoms with Crippen LogP contribution in [0.4, 0.5) is 0 Å². The smallest absolute Gasteiger partial charge is 0.242 e. The van der Waals surface area contributed by atoms with Crippen LogP contribution in [0.2, 0.25) is 0 Å². The molecule has 1 amide bonds. The molecule has 0 aromatic rings. The summed E-state index contributed by atoms with van der Waals surface area (Å²) in [6.45, 7) is 3.74. The lowest BCUT2D eigenvalue weighted by Crippen LogP contribution is -2.43. The lowest BCUT2D eigenvalue weighted by Gasteiger charge is -2.27. The first-order valence-electron chi connectivity index (χ1n) is 5.25. The number of hydrogen-bond donors (Lipinski definition) is 1. The zero-order chi connectivity index (χ0) is 12.8.